The molecule has 0 saturated heterocycles. The molecule has 0 unspecified atom stereocenters. The van der Waals surface area contributed by atoms with Gasteiger partial charge >= 0.3 is 6.18 Å². The number of carbonyl (C=O) groups is 1. The summed E-state index contributed by atoms with van der Waals surface area (Å²) in [5.41, 5.74) is -0.209. The van der Waals surface area contributed by atoms with E-state index in [-0.39, 0.29) is 17.0 Å². The lowest BCUT2D eigenvalue weighted by Gasteiger charge is -2.07. The molecule has 20 heavy (non-hydrogen) atoms. The number of hydrogen-bond donors (Lipinski definition) is 0. The Morgan fingerprint density at radius 2 is 2.05 bits per heavy atom. The second-order valence-electron chi connectivity index (χ2n) is 3.83. The Bertz CT molecular complexity index is 778. The summed E-state index contributed by atoms with van der Waals surface area (Å²) in [6.07, 6.45) is -3.45. The predicted molar refractivity (Wildman–Crippen MR) is 64.6 cm³/mol. The Morgan fingerprint density at radius 1 is 1.25 bits per heavy atom. The van der Waals surface area contributed by atoms with Crippen molar-refractivity contribution in [2.45, 2.75) is 6.18 Å². The van der Waals surface area contributed by atoms with Gasteiger partial charge in [-0.15, -0.1) is 11.3 Å². The van der Waals surface area contributed by atoms with E-state index in [4.69, 9.17) is 4.42 Å². The van der Waals surface area contributed by atoms with E-state index >= 15 is 0 Å². The molecule has 3 heterocycles. The first-order chi connectivity index (χ1) is 9.47. The van der Waals surface area contributed by atoms with E-state index in [1.807, 2.05) is 0 Å². The summed E-state index contributed by atoms with van der Waals surface area (Å²) >= 11 is 1.10. The Hall–Kier alpha value is -2.22. The van der Waals surface area contributed by atoms with Crippen LogP contribution in [0, 0.1) is 0 Å². The molecule has 0 aliphatic heterocycles. The fraction of sp³-hybridized carbons (Fsp3) is 0.0833. The molecule has 3 rings (SSSR count). The van der Waals surface area contributed by atoms with Crippen LogP contribution < -0.4 is 0 Å². The minimum atomic E-state index is -4.71. The van der Waals surface area contributed by atoms with Crippen LogP contribution in [0.5, 0.6) is 0 Å². The minimum absolute atomic E-state index is 0.0634. The maximum atomic E-state index is 12.8. The summed E-state index contributed by atoms with van der Waals surface area (Å²) in [6.45, 7) is 0. The molecule has 3 aromatic rings. The molecule has 4 nitrogen and oxygen atoms in total. The second kappa shape index (κ2) is 4.41. The predicted octanol–water partition coefficient (Wildman–Crippen LogP) is 3.53. The Labute approximate surface area is 113 Å². The van der Waals surface area contributed by atoms with E-state index in [0.29, 0.717) is 4.70 Å². The number of alkyl halides is 3. The van der Waals surface area contributed by atoms with Gasteiger partial charge in [0.25, 0.3) is 0 Å². The van der Waals surface area contributed by atoms with Gasteiger partial charge in [0.15, 0.2) is 5.76 Å². The third kappa shape index (κ3) is 2.07. The molecule has 0 fully saturated rings. The third-order valence-electron chi connectivity index (χ3n) is 2.52. The van der Waals surface area contributed by atoms with Crippen LogP contribution in [0.25, 0.3) is 10.2 Å². The number of furan rings is 1. The average Bonchev–Trinajstić information content (AvgIpc) is 3.06. The van der Waals surface area contributed by atoms with E-state index in [9.17, 15) is 18.0 Å². The topological polar surface area (TPSA) is 56.0 Å². The quantitative estimate of drug-likeness (QED) is 0.679. The smallest absolute Gasteiger partial charge is 0.451 e. The number of hydrogen-bond acceptors (Lipinski definition) is 5. The highest BCUT2D eigenvalue weighted by molar-refractivity contribution is 7.17. The molecule has 0 N–H and O–H groups in total. The first-order valence-corrected chi connectivity index (χ1v) is 6.25. The normalized spacial score (nSPS) is 11.9. The first kappa shape index (κ1) is 12.8. The first-order valence-electron chi connectivity index (χ1n) is 5.37. The molecule has 0 spiro atoms. The lowest BCUT2D eigenvalue weighted by atomic mass is 10.2. The van der Waals surface area contributed by atoms with Gasteiger partial charge in [-0.25, -0.2) is 9.97 Å². The van der Waals surface area contributed by atoms with Crippen LogP contribution in [-0.4, -0.2) is 15.8 Å². The second-order valence-corrected chi connectivity index (χ2v) is 4.75. The fourth-order valence-electron chi connectivity index (χ4n) is 1.67. The standard InChI is InChI=1S/C12H5F3N2O2S/c13-12(14,15)11-16-6-3-5-20-10(6)8(17-11)9(18)7-2-1-4-19-7/h1-5H. The van der Waals surface area contributed by atoms with Gasteiger partial charge in [-0.1, -0.05) is 0 Å². The number of rotatable bonds is 2. The molecule has 0 aliphatic carbocycles. The molecule has 0 amide bonds. The van der Waals surface area contributed by atoms with E-state index < -0.39 is 17.8 Å². The zero-order valence-corrected chi connectivity index (χ0v) is 10.5. The number of aromatic nitrogens is 2. The number of carbonyl (C=O) groups excluding carboxylic acids is 1. The van der Waals surface area contributed by atoms with Crippen LogP contribution in [0.3, 0.4) is 0 Å². The molecule has 8 heteroatoms. The van der Waals surface area contributed by atoms with E-state index in [1.54, 1.807) is 5.38 Å². The van der Waals surface area contributed by atoms with Gasteiger partial charge in [-0.05, 0) is 23.6 Å². The average molecular weight is 298 g/mol. The van der Waals surface area contributed by atoms with Gasteiger partial charge < -0.3 is 4.42 Å². The van der Waals surface area contributed by atoms with E-state index in [2.05, 4.69) is 9.97 Å². The van der Waals surface area contributed by atoms with Gasteiger partial charge in [-0.3, -0.25) is 4.79 Å². The minimum Gasteiger partial charge on any atom is -0.461 e. The monoisotopic (exact) mass is 298 g/mol. The molecular formula is C12H5F3N2O2S. The summed E-state index contributed by atoms with van der Waals surface area (Å²) in [7, 11) is 0. The van der Waals surface area contributed by atoms with Crippen molar-refractivity contribution in [3.05, 3.63) is 47.1 Å². The van der Waals surface area contributed by atoms with Crippen molar-refractivity contribution >= 4 is 27.3 Å². The van der Waals surface area contributed by atoms with Crippen LogP contribution in [0.15, 0.2) is 34.3 Å². The Balaban J connectivity index is 2.23. The van der Waals surface area contributed by atoms with Crippen molar-refractivity contribution < 1.29 is 22.4 Å². The summed E-state index contributed by atoms with van der Waals surface area (Å²) in [4.78, 5) is 18.9. The maximum Gasteiger partial charge on any atom is 0.451 e. The highest BCUT2D eigenvalue weighted by atomic mass is 32.1. The summed E-state index contributed by atoms with van der Waals surface area (Å²) in [5, 5.41) is 1.55. The molecule has 0 bridgehead atoms. The molecule has 102 valence electrons. The molecule has 0 atom stereocenters. The Morgan fingerprint density at radius 3 is 2.70 bits per heavy atom. The highest BCUT2D eigenvalue weighted by Gasteiger charge is 2.36. The lowest BCUT2D eigenvalue weighted by Crippen LogP contribution is -2.15. The van der Waals surface area contributed by atoms with Crippen molar-refractivity contribution in [1.82, 2.24) is 9.97 Å². The number of ketones is 1. The highest BCUT2D eigenvalue weighted by Crippen LogP contribution is 2.31. The molecule has 3 aromatic heterocycles. The van der Waals surface area contributed by atoms with Crippen LogP contribution in [0.2, 0.25) is 0 Å². The van der Waals surface area contributed by atoms with E-state index in [0.717, 1.165) is 11.3 Å². The van der Waals surface area contributed by atoms with Crippen molar-refractivity contribution in [2.24, 2.45) is 0 Å². The fourth-order valence-corrected chi connectivity index (χ4v) is 2.49. The molecule has 0 saturated carbocycles. The number of nitrogens with zero attached hydrogens (tertiary/aromatic N) is 2. The maximum absolute atomic E-state index is 12.8. The summed E-state index contributed by atoms with van der Waals surface area (Å²) in [6, 6.07) is 4.26. The summed E-state index contributed by atoms with van der Waals surface area (Å²) < 4.78 is 43.5. The zero-order chi connectivity index (χ0) is 14.3. The summed E-state index contributed by atoms with van der Waals surface area (Å²) in [5.74, 6) is -2.10. The lowest BCUT2D eigenvalue weighted by molar-refractivity contribution is -0.144. The number of thiophene rings is 1. The molecule has 0 aromatic carbocycles. The van der Waals surface area contributed by atoms with Crippen LogP contribution in [-0.2, 0) is 6.18 Å². The van der Waals surface area contributed by atoms with Gasteiger partial charge in [0.1, 0.15) is 5.69 Å². The number of fused-ring (bicyclic) bond motifs is 1. The van der Waals surface area contributed by atoms with Gasteiger partial charge in [0.2, 0.25) is 11.6 Å². The van der Waals surface area contributed by atoms with Crippen molar-refractivity contribution in [3.8, 4) is 0 Å². The largest absolute Gasteiger partial charge is 0.461 e. The molecule has 0 radical (unpaired) electrons. The molecular weight excluding hydrogens is 293 g/mol. The molecule has 0 aliphatic rings. The third-order valence-corrected chi connectivity index (χ3v) is 3.43. The van der Waals surface area contributed by atoms with Crippen LogP contribution >= 0.6 is 11.3 Å². The Kier molecular flexibility index (Phi) is 2.82. The van der Waals surface area contributed by atoms with Crippen LogP contribution in [0.1, 0.15) is 22.1 Å². The van der Waals surface area contributed by atoms with Crippen molar-refractivity contribution in [3.63, 3.8) is 0 Å². The van der Waals surface area contributed by atoms with Gasteiger partial charge in [0, 0.05) is 0 Å². The SMILES string of the molecule is O=C(c1ccco1)c1nc(C(F)(F)F)nc2ccsc12. The van der Waals surface area contributed by atoms with Crippen molar-refractivity contribution in [2.75, 3.05) is 0 Å². The van der Waals surface area contributed by atoms with Crippen molar-refractivity contribution in [1.29, 1.82) is 0 Å². The number of halogens is 3. The zero-order valence-electron chi connectivity index (χ0n) is 9.64. The van der Waals surface area contributed by atoms with Crippen LogP contribution in [0.4, 0.5) is 13.2 Å². The van der Waals surface area contributed by atoms with E-state index in [1.165, 1.54) is 24.5 Å². The van der Waals surface area contributed by atoms with Gasteiger partial charge in [0.05, 0.1) is 16.5 Å². The van der Waals surface area contributed by atoms with Gasteiger partial charge in [-0.2, -0.15) is 13.2 Å².